The molecule has 1 amide bonds. The molecule has 3 rings (SSSR count). The van der Waals surface area contributed by atoms with Gasteiger partial charge in [0.2, 0.25) is 0 Å². The van der Waals surface area contributed by atoms with Crippen LogP contribution in [0.3, 0.4) is 0 Å². The summed E-state index contributed by atoms with van der Waals surface area (Å²) in [4.78, 5) is 18.5. The van der Waals surface area contributed by atoms with Crippen molar-refractivity contribution in [2.75, 3.05) is 18.1 Å². The molecule has 0 spiro atoms. The second-order valence-electron chi connectivity index (χ2n) is 5.11. The van der Waals surface area contributed by atoms with E-state index in [9.17, 15) is 4.79 Å². The number of rotatable bonds is 7. The normalized spacial score (nSPS) is 15.6. The largest absolute Gasteiger partial charge is 0.490 e. The number of amidine groups is 1. The van der Waals surface area contributed by atoms with E-state index >= 15 is 0 Å². The lowest BCUT2D eigenvalue weighted by Crippen LogP contribution is -2.27. The van der Waals surface area contributed by atoms with Gasteiger partial charge in [0.1, 0.15) is 6.61 Å². The second-order valence-corrected chi connectivity index (χ2v) is 7.01. The van der Waals surface area contributed by atoms with Crippen molar-refractivity contribution in [2.24, 2.45) is 0 Å². The highest BCUT2D eigenvalue weighted by Gasteiger charge is 2.35. The maximum atomic E-state index is 12.6. The van der Waals surface area contributed by atoms with E-state index in [-0.39, 0.29) is 11.1 Å². The zero-order valence-electron chi connectivity index (χ0n) is 14.1. The second kappa shape index (κ2) is 8.20. The standard InChI is InChI=1S/C18H17N3O3S2/c1-3-8-24-13-6-5-12(10-14(13)23-4-2)11-15-16(22)21(17(19)26-15)18-20-7-9-25-18/h3,5-7,9-11,19H,1,4,8H2,2H3/b15-11-,19-17?. The lowest BCUT2D eigenvalue weighted by molar-refractivity contribution is -0.113. The summed E-state index contributed by atoms with van der Waals surface area (Å²) in [7, 11) is 0. The van der Waals surface area contributed by atoms with E-state index in [0.717, 1.165) is 17.3 Å². The van der Waals surface area contributed by atoms with Gasteiger partial charge in [0, 0.05) is 11.6 Å². The van der Waals surface area contributed by atoms with Crippen LogP contribution in [0.5, 0.6) is 11.5 Å². The molecule has 1 aromatic heterocycles. The zero-order valence-corrected chi connectivity index (χ0v) is 15.7. The molecule has 0 bridgehead atoms. The monoisotopic (exact) mass is 387 g/mol. The number of carbonyl (C=O) groups excluding carboxylic acids is 1. The van der Waals surface area contributed by atoms with Crippen LogP contribution in [0.25, 0.3) is 6.08 Å². The number of thioether (sulfide) groups is 1. The Kier molecular flexibility index (Phi) is 5.75. The summed E-state index contributed by atoms with van der Waals surface area (Å²) in [6.45, 7) is 6.42. The van der Waals surface area contributed by atoms with Gasteiger partial charge < -0.3 is 9.47 Å². The number of thiazole rings is 1. The van der Waals surface area contributed by atoms with Crippen LogP contribution in [0.1, 0.15) is 12.5 Å². The highest BCUT2D eigenvalue weighted by atomic mass is 32.2. The quantitative estimate of drug-likeness (QED) is 0.570. The van der Waals surface area contributed by atoms with Crippen molar-refractivity contribution in [1.82, 2.24) is 4.98 Å². The van der Waals surface area contributed by atoms with Crippen LogP contribution in [-0.4, -0.2) is 29.3 Å². The first-order valence-corrected chi connectivity index (χ1v) is 9.56. The summed E-state index contributed by atoms with van der Waals surface area (Å²) < 4.78 is 11.2. The van der Waals surface area contributed by atoms with Crippen molar-refractivity contribution in [3.8, 4) is 11.5 Å². The molecule has 6 nitrogen and oxygen atoms in total. The third-order valence-corrected chi connectivity index (χ3v) is 5.00. The summed E-state index contributed by atoms with van der Waals surface area (Å²) in [6, 6.07) is 5.46. The number of nitrogens with zero attached hydrogens (tertiary/aromatic N) is 2. The number of nitrogens with one attached hydrogen (secondary N) is 1. The highest BCUT2D eigenvalue weighted by Crippen LogP contribution is 2.37. The van der Waals surface area contributed by atoms with Crippen LogP contribution in [-0.2, 0) is 4.79 Å². The van der Waals surface area contributed by atoms with Crippen LogP contribution < -0.4 is 14.4 Å². The van der Waals surface area contributed by atoms with Crippen LogP contribution in [0.2, 0.25) is 0 Å². The smallest absolute Gasteiger partial charge is 0.273 e. The number of carbonyl (C=O) groups is 1. The van der Waals surface area contributed by atoms with E-state index in [0.29, 0.717) is 34.7 Å². The van der Waals surface area contributed by atoms with Crippen molar-refractivity contribution in [3.63, 3.8) is 0 Å². The van der Waals surface area contributed by atoms with E-state index in [2.05, 4.69) is 11.6 Å². The minimum atomic E-state index is -0.250. The fourth-order valence-corrected chi connectivity index (χ4v) is 3.83. The predicted octanol–water partition coefficient (Wildman–Crippen LogP) is 4.16. The van der Waals surface area contributed by atoms with Gasteiger partial charge in [-0.1, -0.05) is 18.7 Å². The molecular weight excluding hydrogens is 370 g/mol. The van der Waals surface area contributed by atoms with Crippen molar-refractivity contribution in [2.45, 2.75) is 6.92 Å². The van der Waals surface area contributed by atoms with E-state index in [1.807, 2.05) is 19.1 Å². The van der Waals surface area contributed by atoms with E-state index in [1.54, 1.807) is 29.8 Å². The molecule has 0 unspecified atom stereocenters. The molecule has 2 heterocycles. The lowest BCUT2D eigenvalue weighted by Gasteiger charge is -2.11. The van der Waals surface area contributed by atoms with Crippen LogP contribution in [0, 0.1) is 5.41 Å². The maximum Gasteiger partial charge on any atom is 0.273 e. The molecule has 0 radical (unpaired) electrons. The number of anilines is 1. The Bertz CT molecular complexity index is 863. The molecule has 1 aliphatic heterocycles. The molecule has 26 heavy (non-hydrogen) atoms. The summed E-state index contributed by atoms with van der Waals surface area (Å²) in [6.07, 6.45) is 5.02. The molecule has 1 aliphatic rings. The van der Waals surface area contributed by atoms with Gasteiger partial charge in [-0.3, -0.25) is 10.2 Å². The average Bonchev–Trinajstić information content (AvgIpc) is 3.23. The third-order valence-electron chi connectivity index (χ3n) is 3.36. The first kappa shape index (κ1) is 18.2. The summed E-state index contributed by atoms with van der Waals surface area (Å²) in [5.41, 5.74) is 0.795. The molecule has 8 heteroatoms. The number of aromatic nitrogens is 1. The predicted molar refractivity (Wildman–Crippen MR) is 106 cm³/mol. The SMILES string of the molecule is C=CCOc1ccc(/C=C2\SC(=N)N(c3nccs3)C2=O)cc1OCC. The molecule has 1 aromatic carbocycles. The molecule has 1 N–H and O–H groups in total. The van der Waals surface area contributed by atoms with E-state index in [4.69, 9.17) is 14.9 Å². The topological polar surface area (TPSA) is 75.5 Å². The van der Waals surface area contributed by atoms with Crippen molar-refractivity contribution in [3.05, 3.63) is 52.9 Å². The number of hydrogen-bond donors (Lipinski definition) is 1. The summed E-state index contributed by atoms with van der Waals surface area (Å²) in [5.74, 6) is 0.974. The fraction of sp³-hybridized carbons (Fsp3) is 0.167. The maximum absolute atomic E-state index is 12.6. The Morgan fingerprint density at radius 2 is 2.19 bits per heavy atom. The van der Waals surface area contributed by atoms with Crippen LogP contribution >= 0.6 is 23.1 Å². The Balaban J connectivity index is 1.87. The molecule has 1 saturated heterocycles. The Morgan fingerprint density at radius 3 is 2.88 bits per heavy atom. The average molecular weight is 387 g/mol. The summed E-state index contributed by atoms with van der Waals surface area (Å²) in [5, 5.41) is 10.5. The van der Waals surface area contributed by atoms with Gasteiger partial charge in [-0.2, -0.15) is 0 Å². The van der Waals surface area contributed by atoms with Gasteiger partial charge in [-0.25, -0.2) is 9.88 Å². The summed E-state index contributed by atoms with van der Waals surface area (Å²) >= 11 is 2.44. The molecule has 0 aliphatic carbocycles. The lowest BCUT2D eigenvalue weighted by atomic mass is 10.2. The molecule has 134 valence electrons. The van der Waals surface area contributed by atoms with Gasteiger partial charge in [0.25, 0.3) is 5.91 Å². The minimum absolute atomic E-state index is 0.146. The van der Waals surface area contributed by atoms with Gasteiger partial charge in [0.05, 0.1) is 11.5 Å². The van der Waals surface area contributed by atoms with Gasteiger partial charge in [-0.05, 0) is 42.5 Å². The van der Waals surface area contributed by atoms with Crippen molar-refractivity contribution < 1.29 is 14.3 Å². The fourth-order valence-electron chi connectivity index (χ4n) is 2.29. The molecular formula is C18H17N3O3S2. The van der Waals surface area contributed by atoms with Crippen molar-refractivity contribution >= 4 is 45.4 Å². The third kappa shape index (κ3) is 3.81. The Morgan fingerprint density at radius 1 is 1.35 bits per heavy atom. The molecule has 2 aromatic rings. The minimum Gasteiger partial charge on any atom is -0.490 e. The number of ether oxygens (including phenoxy) is 2. The van der Waals surface area contributed by atoms with Crippen LogP contribution in [0.4, 0.5) is 5.13 Å². The van der Waals surface area contributed by atoms with Gasteiger partial charge >= 0.3 is 0 Å². The van der Waals surface area contributed by atoms with Crippen LogP contribution in [0.15, 0.2) is 47.3 Å². The molecule has 1 fully saturated rings. The number of amides is 1. The number of benzene rings is 1. The number of hydrogen-bond acceptors (Lipinski definition) is 7. The Labute approximate surface area is 159 Å². The molecule has 0 atom stereocenters. The van der Waals surface area contributed by atoms with Gasteiger partial charge in [0.15, 0.2) is 21.8 Å². The first-order valence-electron chi connectivity index (χ1n) is 7.86. The van der Waals surface area contributed by atoms with Crippen molar-refractivity contribution in [1.29, 1.82) is 5.41 Å². The van der Waals surface area contributed by atoms with Gasteiger partial charge in [-0.15, -0.1) is 11.3 Å². The van der Waals surface area contributed by atoms with E-state index < -0.39 is 0 Å². The first-order chi connectivity index (χ1) is 12.6. The van der Waals surface area contributed by atoms with E-state index in [1.165, 1.54) is 16.2 Å². The molecule has 0 saturated carbocycles. The zero-order chi connectivity index (χ0) is 18.5. The Hall–Kier alpha value is -2.58. The highest BCUT2D eigenvalue weighted by molar-refractivity contribution is 8.19.